The number of hydrogen-bond acceptors (Lipinski definition) is 7. The molecule has 4 aromatic carbocycles. The topological polar surface area (TPSA) is 100 Å². The zero-order valence-corrected chi connectivity index (χ0v) is 31.5. The van der Waals surface area contributed by atoms with Gasteiger partial charge in [-0.15, -0.1) is 0 Å². The SMILES string of the molecule is CC(=O)N1CCN(c2ccc(CN(C(=O)/C=C/c3ccc(OC(F)F)cc3)[C@@H](Cc3ccccc3)C(=O)N3CCN(Cc4ccc(C#N)cc4)CC3)cc2)CC1. The quantitative estimate of drug-likeness (QED) is 0.158. The second kappa shape index (κ2) is 19.0. The molecule has 0 N–H and O–H groups in total. The Labute approximate surface area is 326 Å². The van der Waals surface area contributed by atoms with E-state index < -0.39 is 12.7 Å². The summed E-state index contributed by atoms with van der Waals surface area (Å²) >= 11 is 0. The van der Waals surface area contributed by atoms with E-state index in [1.807, 2.05) is 88.7 Å². The van der Waals surface area contributed by atoms with Crippen LogP contribution in [0, 0.1) is 11.3 Å². The molecule has 1 atom stereocenters. The van der Waals surface area contributed by atoms with Crippen molar-refractivity contribution in [3.8, 4) is 11.8 Å². The zero-order chi connectivity index (χ0) is 39.4. The first-order valence-electron chi connectivity index (χ1n) is 18.8. The van der Waals surface area contributed by atoms with E-state index in [4.69, 9.17) is 5.26 Å². The molecule has 2 aliphatic heterocycles. The fourth-order valence-corrected chi connectivity index (χ4v) is 7.10. The fourth-order valence-electron chi connectivity index (χ4n) is 7.10. The van der Waals surface area contributed by atoms with E-state index in [1.54, 1.807) is 30.0 Å². The normalized spacial score (nSPS) is 15.4. The molecule has 12 heteroatoms. The Morgan fingerprint density at radius 3 is 2.00 bits per heavy atom. The average Bonchev–Trinajstić information content (AvgIpc) is 3.22. The number of benzene rings is 4. The Morgan fingerprint density at radius 1 is 0.768 bits per heavy atom. The maximum atomic E-state index is 14.7. The molecule has 0 aromatic heterocycles. The maximum Gasteiger partial charge on any atom is 0.387 e. The molecule has 0 aliphatic carbocycles. The molecule has 4 aromatic rings. The molecular weight excluding hydrogens is 715 g/mol. The van der Waals surface area contributed by atoms with Crippen LogP contribution in [0.4, 0.5) is 14.5 Å². The number of nitrogens with zero attached hydrogens (tertiary/aromatic N) is 6. The molecule has 0 spiro atoms. The van der Waals surface area contributed by atoms with Gasteiger partial charge in [-0.05, 0) is 64.7 Å². The number of amides is 3. The molecular formula is C44H46F2N6O4. The first-order chi connectivity index (χ1) is 27.1. The lowest BCUT2D eigenvalue weighted by Gasteiger charge is -2.39. The van der Waals surface area contributed by atoms with Gasteiger partial charge in [0, 0.05) is 90.6 Å². The molecule has 10 nitrogen and oxygen atoms in total. The van der Waals surface area contributed by atoms with E-state index in [2.05, 4.69) is 20.6 Å². The first kappa shape index (κ1) is 39.6. The summed E-state index contributed by atoms with van der Waals surface area (Å²) in [7, 11) is 0. The molecule has 0 bridgehead atoms. The minimum atomic E-state index is -2.94. The Morgan fingerprint density at radius 2 is 1.39 bits per heavy atom. The van der Waals surface area contributed by atoms with E-state index in [0.29, 0.717) is 63.4 Å². The van der Waals surface area contributed by atoms with Crippen LogP contribution in [0.15, 0.2) is 109 Å². The number of carbonyl (C=O) groups excluding carboxylic acids is 3. The first-order valence-corrected chi connectivity index (χ1v) is 18.8. The van der Waals surface area contributed by atoms with Crippen molar-refractivity contribution in [1.82, 2.24) is 19.6 Å². The molecule has 6 rings (SSSR count). The molecule has 2 aliphatic rings. The van der Waals surface area contributed by atoms with Crippen molar-refractivity contribution in [3.05, 3.63) is 137 Å². The van der Waals surface area contributed by atoms with Crippen LogP contribution in [-0.2, 0) is 33.9 Å². The van der Waals surface area contributed by atoms with E-state index in [0.717, 1.165) is 35.5 Å². The largest absolute Gasteiger partial charge is 0.435 e. The van der Waals surface area contributed by atoms with Gasteiger partial charge >= 0.3 is 6.61 Å². The summed E-state index contributed by atoms with van der Waals surface area (Å²) in [6.07, 6.45) is 3.34. The maximum absolute atomic E-state index is 14.7. The van der Waals surface area contributed by atoms with Gasteiger partial charge in [0.2, 0.25) is 17.7 Å². The summed E-state index contributed by atoms with van der Waals surface area (Å²) in [5.41, 5.74) is 5.10. The highest BCUT2D eigenvalue weighted by molar-refractivity contribution is 5.96. The summed E-state index contributed by atoms with van der Waals surface area (Å²) in [5.74, 6) is -0.417. The van der Waals surface area contributed by atoms with Gasteiger partial charge in [0.25, 0.3) is 0 Å². The van der Waals surface area contributed by atoms with Gasteiger partial charge in [-0.25, -0.2) is 0 Å². The Balaban J connectivity index is 1.23. The summed E-state index contributed by atoms with van der Waals surface area (Å²) in [6.45, 7) is 4.57. The minimum Gasteiger partial charge on any atom is -0.435 e. The van der Waals surface area contributed by atoms with Gasteiger partial charge in [-0.3, -0.25) is 19.3 Å². The van der Waals surface area contributed by atoms with Crippen LogP contribution >= 0.6 is 0 Å². The molecule has 0 saturated carbocycles. The molecule has 0 unspecified atom stereocenters. The minimum absolute atomic E-state index is 0.0137. The summed E-state index contributed by atoms with van der Waals surface area (Å²) < 4.78 is 29.9. The predicted molar refractivity (Wildman–Crippen MR) is 211 cm³/mol. The number of carbonyl (C=O) groups is 3. The van der Waals surface area contributed by atoms with E-state index in [1.165, 1.54) is 18.2 Å². The number of alkyl halides is 2. The van der Waals surface area contributed by atoms with Crippen LogP contribution in [0.3, 0.4) is 0 Å². The lowest BCUT2D eigenvalue weighted by atomic mass is 10.0. The number of hydrogen-bond donors (Lipinski definition) is 0. The van der Waals surface area contributed by atoms with E-state index in [-0.39, 0.29) is 30.0 Å². The van der Waals surface area contributed by atoms with Crippen LogP contribution in [0.1, 0.15) is 34.7 Å². The third-order valence-electron chi connectivity index (χ3n) is 10.3. The zero-order valence-electron chi connectivity index (χ0n) is 31.5. The highest BCUT2D eigenvalue weighted by Crippen LogP contribution is 2.23. The predicted octanol–water partition coefficient (Wildman–Crippen LogP) is 5.83. The Kier molecular flexibility index (Phi) is 13.4. The highest BCUT2D eigenvalue weighted by atomic mass is 19.3. The standard InChI is InChI=1S/C44H46F2N6O4/c1-33(53)49-25-27-50(28-26-49)39-16-11-38(12-17-39)32-52(42(54)20-15-34-13-18-40(19-14-34)56-44(45)46)41(29-35-5-3-2-4-6-35)43(55)51-23-21-48(22-24-51)31-37-9-7-36(30-47)8-10-37/h2-20,41,44H,21-29,31-32H2,1H3/b20-15+/t41-/m0/s1. The number of nitriles is 1. The monoisotopic (exact) mass is 760 g/mol. The number of piperazine rings is 2. The summed E-state index contributed by atoms with van der Waals surface area (Å²) in [4.78, 5) is 50.7. The second-order valence-corrected chi connectivity index (χ2v) is 14.0. The number of anilines is 1. The van der Waals surface area contributed by atoms with Crippen molar-refractivity contribution in [2.45, 2.75) is 39.1 Å². The van der Waals surface area contributed by atoms with Crippen LogP contribution in [-0.4, -0.2) is 102 Å². The van der Waals surface area contributed by atoms with Crippen molar-refractivity contribution in [1.29, 1.82) is 5.26 Å². The van der Waals surface area contributed by atoms with Gasteiger partial charge in [0.05, 0.1) is 11.6 Å². The lowest BCUT2D eigenvalue weighted by Crippen LogP contribution is -2.56. The molecule has 290 valence electrons. The van der Waals surface area contributed by atoms with Gasteiger partial charge in [0.15, 0.2) is 0 Å². The molecule has 56 heavy (non-hydrogen) atoms. The van der Waals surface area contributed by atoms with Crippen LogP contribution < -0.4 is 9.64 Å². The fraction of sp³-hybridized carbons (Fsp3) is 0.318. The third kappa shape index (κ3) is 10.8. The van der Waals surface area contributed by atoms with E-state index >= 15 is 0 Å². The summed E-state index contributed by atoms with van der Waals surface area (Å²) in [6, 6.07) is 32.5. The third-order valence-corrected chi connectivity index (χ3v) is 10.3. The number of rotatable bonds is 13. The molecule has 2 saturated heterocycles. The number of ether oxygens (including phenoxy) is 1. The van der Waals surface area contributed by atoms with Gasteiger partial charge in [0.1, 0.15) is 11.8 Å². The Bertz CT molecular complexity index is 1990. The van der Waals surface area contributed by atoms with Crippen molar-refractivity contribution in [2.24, 2.45) is 0 Å². The van der Waals surface area contributed by atoms with Crippen LogP contribution in [0.5, 0.6) is 5.75 Å². The smallest absolute Gasteiger partial charge is 0.387 e. The number of halogens is 2. The van der Waals surface area contributed by atoms with Crippen molar-refractivity contribution < 1.29 is 27.9 Å². The summed E-state index contributed by atoms with van der Waals surface area (Å²) in [5, 5.41) is 9.16. The van der Waals surface area contributed by atoms with Crippen molar-refractivity contribution in [3.63, 3.8) is 0 Å². The lowest BCUT2D eigenvalue weighted by molar-refractivity contribution is -0.145. The average molecular weight is 761 g/mol. The van der Waals surface area contributed by atoms with Gasteiger partial charge in [-0.1, -0.05) is 66.7 Å². The second-order valence-electron chi connectivity index (χ2n) is 14.0. The van der Waals surface area contributed by atoms with Crippen molar-refractivity contribution >= 4 is 29.5 Å². The molecule has 0 radical (unpaired) electrons. The molecule has 2 fully saturated rings. The van der Waals surface area contributed by atoms with Crippen LogP contribution in [0.2, 0.25) is 0 Å². The van der Waals surface area contributed by atoms with Crippen LogP contribution in [0.25, 0.3) is 6.08 Å². The Hall–Kier alpha value is -6.06. The van der Waals surface area contributed by atoms with Crippen molar-refractivity contribution in [2.75, 3.05) is 57.3 Å². The van der Waals surface area contributed by atoms with Gasteiger partial charge in [-0.2, -0.15) is 14.0 Å². The molecule has 2 heterocycles. The van der Waals surface area contributed by atoms with E-state index in [9.17, 15) is 23.2 Å². The highest BCUT2D eigenvalue weighted by Gasteiger charge is 2.34. The van der Waals surface area contributed by atoms with Gasteiger partial charge < -0.3 is 24.3 Å². The molecule has 3 amide bonds.